The molecule has 2 atom stereocenters. The van der Waals surface area contributed by atoms with Crippen LogP contribution >= 0.6 is 0 Å². The predicted octanol–water partition coefficient (Wildman–Crippen LogP) is 3.68. The van der Waals surface area contributed by atoms with E-state index in [1.165, 1.54) is 33.5 Å². The first-order valence-corrected chi connectivity index (χ1v) is 12.6. The van der Waals surface area contributed by atoms with Gasteiger partial charge in [-0.2, -0.15) is 4.31 Å². The Kier molecular flexibility index (Phi) is 7.59. The Labute approximate surface area is 196 Å². The van der Waals surface area contributed by atoms with Gasteiger partial charge >= 0.3 is 0 Å². The van der Waals surface area contributed by atoms with Gasteiger partial charge in [-0.05, 0) is 73.6 Å². The van der Waals surface area contributed by atoms with E-state index in [-0.39, 0.29) is 23.3 Å². The quantitative estimate of drug-likeness (QED) is 0.696. The van der Waals surface area contributed by atoms with Crippen LogP contribution in [0.5, 0.6) is 0 Å². The molecule has 178 valence electrons. The first-order valence-electron chi connectivity index (χ1n) is 11.2. The molecule has 1 N–H and O–H groups in total. The molecule has 1 aliphatic heterocycles. The number of likely N-dealkylation sites (N-methyl/N-ethyl adjacent to an activating group) is 1. The van der Waals surface area contributed by atoms with Crippen LogP contribution in [0.3, 0.4) is 0 Å². The van der Waals surface area contributed by atoms with Crippen LogP contribution in [0.4, 0.5) is 5.69 Å². The molecule has 1 heterocycles. The lowest BCUT2D eigenvalue weighted by Gasteiger charge is -2.34. The third kappa shape index (κ3) is 5.81. The summed E-state index contributed by atoms with van der Waals surface area (Å²) in [7, 11) is -2.06. The van der Waals surface area contributed by atoms with Crippen molar-refractivity contribution in [1.82, 2.24) is 9.21 Å². The van der Waals surface area contributed by atoms with Gasteiger partial charge in [0.1, 0.15) is 0 Å². The molecule has 2 amide bonds. The van der Waals surface area contributed by atoms with Crippen LogP contribution in [0.15, 0.2) is 47.4 Å². The second kappa shape index (κ2) is 10.1. The summed E-state index contributed by atoms with van der Waals surface area (Å²) in [5.74, 6) is -0.0251. The number of hydrogen-bond acceptors (Lipinski definition) is 4. The van der Waals surface area contributed by atoms with Crippen LogP contribution in [0.25, 0.3) is 0 Å². The molecule has 1 saturated heterocycles. The van der Waals surface area contributed by atoms with Gasteiger partial charge < -0.3 is 10.2 Å². The van der Waals surface area contributed by atoms with E-state index in [0.29, 0.717) is 30.5 Å². The summed E-state index contributed by atoms with van der Waals surface area (Å²) >= 11 is 0. The van der Waals surface area contributed by atoms with E-state index in [9.17, 15) is 18.0 Å². The molecule has 1 aliphatic rings. The minimum absolute atomic E-state index is 0.115. The van der Waals surface area contributed by atoms with Gasteiger partial charge in [0, 0.05) is 31.4 Å². The minimum Gasteiger partial charge on any atom is -0.332 e. The predicted molar refractivity (Wildman–Crippen MR) is 130 cm³/mol. The number of carbonyl (C=O) groups is 2. The Morgan fingerprint density at radius 1 is 1.03 bits per heavy atom. The van der Waals surface area contributed by atoms with Crippen LogP contribution in [-0.2, 0) is 14.8 Å². The van der Waals surface area contributed by atoms with Crippen LogP contribution in [0.1, 0.15) is 41.8 Å². The van der Waals surface area contributed by atoms with Crippen molar-refractivity contribution in [3.05, 3.63) is 59.2 Å². The van der Waals surface area contributed by atoms with Gasteiger partial charge in [-0.15, -0.1) is 0 Å². The first-order chi connectivity index (χ1) is 15.5. The summed E-state index contributed by atoms with van der Waals surface area (Å²) in [4.78, 5) is 26.7. The van der Waals surface area contributed by atoms with Crippen molar-refractivity contribution in [3.63, 3.8) is 0 Å². The van der Waals surface area contributed by atoms with E-state index in [0.717, 1.165) is 23.2 Å². The fourth-order valence-corrected chi connectivity index (χ4v) is 5.98. The molecular formula is C25H33N3O4S. The zero-order valence-corrected chi connectivity index (χ0v) is 20.8. The average molecular weight is 472 g/mol. The largest absolute Gasteiger partial charge is 0.332 e. The number of nitrogens with one attached hydrogen (secondary N) is 1. The molecule has 2 aromatic carbocycles. The molecule has 8 heteroatoms. The normalized spacial score (nSPS) is 19.2. The van der Waals surface area contributed by atoms with Crippen molar-refractivity contribution in [1.29, 1.82) is 0 Å². The summed E-state index contributed by atoms with van der Waals surface area (Å²) in [6, 6.07) is 11.6. The number of nitrogens with zero attached hydrogens (tertiary/aromatic N) is 2. The molecule has 3 rings (SSSR count). The van der Waals surface area contributed by atoms with Crippen LogP contribution in [0, 0.1) is 25.7 Å². The minimum atomic E-state index is -3.61. The standard InChI is InChI=1S/C25H33N3O4S/c1-17-13-18(2)15-28(14-17)33(31,32)22-11-9-21(10-12-22)25(30)27(5)16-24(29)26-23-8-6-7-19(3)20(23)4/h6-12,17-18H,13-16H2,1-5H3,(H,26,29). The monoisotopic (exact) mass is 471 g/mol. The highest BCUT2D eigenvalue weighted by Gasteiger charge is 2.31. The van der Waals surface area contributed by atoms with Crippen LogP contribution in [-0.4, -0.2) is 56.1 Å². The highest BCUT2D eigenvalue weighted by molar-refractivity contribution is 7.89. The molecule has 2 aromatic rings. The van der Waals surface area contributed by atoms with Crippen LogP contribution in [0.2, 0.25) is 0 Å². The summed E-state index contributed by atoms with van der Waals surface area (Å²) < 4.78 is 27.6. The van der Waals surface area contributed by atoms with Crippen molar-refractivity contribution in [2.75, 3.05) is 32.0 Å². The van der Waals surface area contributed by atoms with Gasteiger partial charge in [0.05, 0.1) is 11.4 Å². The van der Waals surface area contributed by atoms with Gasteiger partial charge in [-0.1, -0.05) is 26.0 Å². The van der Waals surface area contributed by atoms with Crippen molar-refractivity contribution in [3.8, 4) is 0 Å². The Morgan fingerprint density at radius 3 is 2.24 bits per heavy atom. The summed E-state index contributed by atoms with van der Waals surface area (Å²) in [6.07, 6.45) is 1.02. The molecule has 0 saturated carbocycles. The molecule has 0 bridgehead atoms. The van der Waals surface area contributed by atoms with Crippen molar-refractivity contribution in [2.45, 2.75) is 39.0 Å². The number of carbonyl (C=O) groups excluding carboxylic acids is 2. The van der Waals surface area contributed by atoms with E-state index in [1.54, 1.807) is 7.05 Å². The molecule has 0 aliphatic carbocycles. The number of hydrogen-bond donors (Lipinski definition) is 1. The SMILES string of the molecule is Cc1cccc(NC(=O)CN(C)C(=O)c2ccc(S(=O)(=O)N3CC(C)CC(C)C3)cc2)c1C. The molecule has 2 unspecified atom stereocenters. The topological polar surface area (TPSA) is 86.8 Å². The lowest BCUT2D eigenvalue weighted by molar-refractivity contribution is -0.116. The van der Waals surface area contributed by atoms with Gasteiger partial charge in [0.25, 0.3) is 5.91 Å². The Balaban J connectivity index is 1.65. The third-order valence-electron chi connectivity index (χ3n) is 6.18. The van der Waals surface area contributed by atoms with Crippen molar-refractivity contribution >= 4 is 27.5 Å². The molecule has 33 heavy (non-hydrogen) atoms. The van der Waals surface area contributed by atoms with E-state index in [1.807, 2.05) is 32.0 Å². The number of piperidine rings is 1. The molecular weight excluding hydrogens is 438 g/mol. The van der Waals surface area contributed by atoms with E-state index in [2.05, 4.69) is 19.2 Å². The zero-order valence-electron chi connectivity index (χ0n) is 20.0. The second-order valence-electron chi connectivity index (χ2n) is 9.25. The number of amides is 2. The van der Waals surface area contributed by atoms with Crippen molar-refractivity contribution < 1.29 is 18.0 Å². The summed E-state index contributed by atoms with van der Waals surface area (Å²) in [5.41, 5.74) is 3.10. The van der Waals surface area contributed by atoms with Gasteiger partial charge in [-0.3, -0.25) is 9.59 Å². The maximum Gasteiger partial charge on any atom is 0.254 e. The Morgan fingerprint density at radius 2 is 1.64 bits per heavy atom. The zero-order chi connectivity index (χ0) is 24.3. The van der Waals surface area contributed by atoms with Gasteiger partial charge in [0.2, 0.25) is 15.9 Å². The third-order valence-corrected chi connectivity index (χ3v) is 8.03. The van der Waals surface area contributed by atoms with Gasteiger partial charge in [0.15, 0.2) is 0 Å². The Hall–Kier alpha value is -2.71. The summed E-state index contributed by atoms with van der Waals surface area (Å²) in [5, 5.41) is 2.84. The van der Waals surface area contributed by atoms with E-state index >= 15 is 0 Å². The fraction of sp³-hybridized carbons (Fsp3) is 0.440. The van der Waals surface area contributed by atoms with E-state index in [4.69, 9.17) is 0 Å². The maximum atomic E-state index is 13.0. The molecule has 1 fully saturated rings. The summed E-state index contributed by atoms with van der Waals surface area (Å²) in [6.45, 7) is 8.92. The fourth-order valence-electron chi connectivity index (χ4n) is 4.30. The molecule has 0 spiro atoms. The second-order valence-corrected chi connectivity index (χ2v) is 11.2. The first kappa shape index (κ1) is 24.9. The Bertz CT molecular complexity index is 1120. The number of aryl methyl sites for hydroxylation is 1. The molecule has 7 nitrogen and oxygen atoms in total. The number of rotatable bonds is 6. The smallest absolute Gasteiger partial charge is 0.254 e. The number of benzene rings is 2. The van der Waals surface area contributed by atoms with Gasteiger partial charge in [-0.25, -0.2) is 8.42 Å². The molecule has 0 radical (unpaired) electrons. The lowest BCUT2D eigenvalue weighted by atomic mass is 9.94. The highest BCUT2D eigenvalue weighted by atomic mass is 32.2. The maximum absolute atomic E-state index is 13.0. The number of sulfonamides is 1. The molecule has 0 aromatic heterocycles. The van der Waals surface area contributed by atoms with Crippen LogP contribution < -0.4 is 5.32 Å². The average Bonchev–Trinajstić information content (AvgIpc) is 2.75. The highest BCUT2D eigenvalue weighted by Crippen LogP contribution is 2.27. The number of anilines is 1. The van der Waals surface area contributed by atoms with E-state index < -0.39 is 10.0 Å². The van der Waals surface area contributed by atoms with Crippen molar-refractivity contribution in [2.24, 2.45) is 11.8 Å². The lowest BCUT2D eigenvalue weighted by Crippen LogP contribution is -2.42.